The molecule has 6 nitrogen and oxygen atoms in total. The molecule has 7 heteroatoms. The topological polar surface area (TPSA) is 60.3 Å². The van der Waals surface area contributed by atoms with Crippen LogP contribution >= 0.6 is 12.2 Å². The molecule has 0 radical (unpaired) electrons. The van der Waals surface area contributed by atoms with E-state index in [-0.39, 0.29) is 0 Å². The van der Waals surface area contributed by atoms with Crippen LogP contribution in [-0.2, 0) is 13.0 Å². The molecule has 1 heterocycles. The monoisotopic (exact) mass is 396 g/mol. The summed E-state index contributed by atoms with van der Waals surface area (Å²) >= 11 is 5.41. The van der Waals surface area contributed by atoms with Crippen molar-refractivity contribution in [2.24, 2.45) is 0 Å². The van der Waals surface area contributed by atoms with E-state index in [4.69, 9.17) is 21.7 Å². The van der Waals surface area contributed by atoms with E-state index in [1.54, 1.807) is 20.4 Å². The average Bonchev–Trinajstić information content (AvgIpc) is 3.21. The van der Waals surface area contributed by atoms with Gasteiger partial charge in [-0.05, 0) is 60.1 Å². The number of hydrogen-bond donors (Lipinski definition) is 2. The summed E-state index contributed by atoms with van der Waals surface area (Å²) in [6, 6.07) is 16.0. The molecule has 146 valence electrons. The second-order valence-corrected chi connectivity index (χ2v) is 6.63. The molecule has 1 aromatic heterocycles. The van der Waals surface area contributed by atoms with Crippen LogP contribution in [0.15, 0.2) is 60.9 Å². The lowest BCUT2D eigenvalue weighted by Crippen LogP contribution is -2.30. The summed E-state index contributed by atoms with van der Waals surface area (Å²) in [5.41, 5.74) is 3.25. The minimum atomic E-state index is 0.594. The maximum absolute atomic E-state index is 5.41. The van der Waals surface area contributed by atoms with E-state index in [1.807, 2.05) is 47.3 Å². The number of nitrogens with zero attached hydrogens (tertiary/aromatic N) is 2. The first-order valence-electron chi connectivity index (χ1n) is 9.00. The number of thiocarbonyl (C=S) groups is 1. The van der Waals surface area contributed by atoms with Crippen molar-refractivity contribution >= 4 is 23.0 Å². The highest BCUT2D eigenvalue weighted by Gasteiger charge is 2.05. The lowest BCUT2D eigenvalue weighted by molar-refractivity contribution is 0.354. The van der Waals surface area contributed by atoms with E-state index in [9.17, 15) is 0 Å². The molecule has 2 aromatic carbocycles. The van der Waals surface area contributed by atoms with Crippen molar-refractivity contribution < 1.29 is 9.47 Å². The highest BCUT2D eigenvalue weighted by Crippen LogP contribution is 2.27. The second kappa shape index (κ2) is 9.75. The highest BCUT2D eigenvalue weighted by atomic mass is 32.1. The van der Waals surface area contributed by atoms with Crippen LogP contribution in [0.3, 0.4) is 0 Å². The van der Waals surface area contributed by atoms with Crippen molar-refractivity contribution in [3.8, 4) is 11.5 Å². The van der Waals surface area contributed by atoms with Crippen molar-refractivity contribution in [3.63, 3.8) is 0 Å². The van der Waals surface area contributed by atoms with E-state index in [2.05, 4.69) is 27.9 Å². The quantitative estimate of drug-likeness (QED) is 0.569. The number of methoxy groups -OCH3 is 2. The van der Waals surface area contributed by atoms with E-state index in [1.165, 1.54) is 0 Å². The summed E-state index contributed by atoms with van der Waals surface area (Å²) in [6.07, 6.45) is 4.54. The van der Waals surface area contributed by atoms with Gasteiger partial charge in [0.1, 0.15) is 0 Å². The average molecular weight is 397 g/mol. The normalized spacial score (nSPS) is 10.4. The van der Waals surface area contributed by atoms with Gasteiger partial charge in [0.15, 0.2) is 16.6 Å². The van der Waals surface area contributed by atoms with Crippen LogP contribution in [0.2, 0.25) is 0 Å². The first-order valence-corrected chi connectivity index (χ1v) is 9.41. The van der Waals surface area contributed by atoms with Gasteiger partial charge in [0.05, 0.1) is 20.8 Å². The van der Waals surface area contributed by atoms with E-state index < -0.39 is 0 Å². The number of benzene rings is 2. The number of hydrogen-bond acceptors (Lipinski definition) is 4. The van der Waals surface area contributed by atoms with Gasteiger partial charge in [0.25, 0.3) is 0 Å². The van der Waals surface area contributed by atoms with Gasteiger partial charge in [-0.3, -0.25) is 4.68 Å². The van der Waals surface area contributed by atoms with Crippen molar-refractivity contribution in [3.05, 3.63) is 72.1 Å². The highest BCUT2D eigenvalue weighted by molar-refractivity contribution is 7.80. The molecule has 0 aliphatic carbocycles. The molecule has 0 saturated carbocycles. The lowest BCUT2D eigenvalue weighted by atomic mass is 10.1. The largest absolute Gasteiger partial charge is 0.493 e. The Bertz CT molecular complexity index is 913. The summed E-state index contributed by atoms with van der Waals surface area (Å²) in [4.78, 5) is 0. The Morgan fingerprint density at radius 3 is 2.64 bits per heavy atom. The first-order chi connectivity index (χ1) is 13.7. The fourth-order valence-electron chi connectivity index (χ4n) is 2.86. The summed E-state index contributed by atoms with van der Waals surface area (Å²) < 4.78 is 12.5. The van der Waals surface area contributed by atoms with Crippen LogP contribution in [0.4, 0.5) is 5.69 Å². The van der Waals surface area contributed by atoms with Gasteiger partial charge >= 0.3 is 0 Å². The number of aromatic nitrogens is 2. The Kier molecular flexibility index (Phi) is 6.86. The fourth-order valence-corrected chi connectivity index (χ4v) is 3.08. The minimum Gasteiger partial charge on any atom is -0.493 e. The predicted octanol–water partition coefficient (Wildman–Crippen LogP) is 3.48. The van der Waals surface area contributed by atoms with Crippen LogP contribution < -0.4 is 20.1 Å². The molecule has 0 fully saturated rings. The van der Waals surface area contributed by atoms with Crippen LogP contribution in [0.1, 0.15) is 11.1 Å². The molecule has 3 rings (SSSR count). The van der Waals surface area contributed by atoms with E-state index in [0.29, 0.717) is 11.7 Å². The smallest absolute Gasteiger partial charge is 0.170 e. The Balaban J connectivity index is 1.49. The Labute approximate surface area is 170 Å². The molecule has 3 aromatic rings. The van der Waals surface area contributed by atoms with Gasteiger partial charge in [0.2, 0.25) is 0 Å². The third kappa shape index (κ3) is 5.47. The van der Waals surface area contributed by atoms with Crippen molar-refractivity contribution in [1.82, 2.24) is 15.1 Å². The molecule has 0 spiro atoms. The summed E-state index contributed by atoms with van der Waals surface area (Å²) in [6.45, 7) is 1.44. The number of rotatable bonds is 8. The van der Waals surface area contributed by atoms with E-state index >= 15 is 0 Å². The first kappa shape index (κ1) is 19.7. The maximum Gasteiger partial charge on any atom is 0.170 e. The summed E-state index contributed by atoms with van der Waals surface area (Å²) in [5, 5.41) is 11.3. The molecule has 0 bridgehead atoms. The third-order valence-corrected chi connectivity index (χ3v) is 4.48. The van der Waals surface area contributed by atoms with Gasteiger partial charge in [-0.15, -0.1) is 0 Å². The van der Waals surface area contributed by atoms with Gasteiger partial charge in [-0.1, -0.05) is 18.2 Å². The van der Waals surface area contributed by atoms with Crippen molar-refractivity contribution in [2.75, 3.05) is 26.1 Å². The Morgan fingerprint density at radius 1 is 1.04 bits per heavy atom. The summed E-state index contributed by atoms with van der Waals surface area (Å²) in [7, 11) is 3.27. The zero-order valence-electron chi connectivity index (χ0n) is 16.0. The predicted molar refractivity (Wildman–Crippen MR) is 115 cm³/mol. The van der Waals surface area contributed by atoms with Crippen LogP contribution in [-0.4, -0.2) is 35.7 Å². The molecule has 0 saturated heterocycles. The molecule has 0 aliphatic rings. The van der Waals surface area contributed by atoms with Gasteiger partial charge in [-0.2, -0.15) is 5.10 Å². The van der Waals surface area contributed by atoms with Crippen LogP contribution in [0.25, 0.3) is 0 Å². The zero-order chi connectivity index (χ0) is 19.8. The molecular weight excluding hydrogens is 372 g/mol. The zero-order valence-corrected chi connectivity index (χ0v) is 16.8. The van der Waals surface area contributed by atoms with Gasteiger partial charge in [0, 0.05) is 24.6 Å². The maximum atomic E-state index is 5.41. The Hall–Kier alpha value is -3.06. The number of nitrogens with one attached hydrogen (secondary N) is 2. The second-order valence-electron chi connectivity index (χ2n) is 6.22. The molecule has 0 unspecified atom stereocenters. The molecule has 28 heavy (non-hydrogen) atoms. The van der Waals surface area contributed by atoms with E-state index in [0.717, 1.165) is 41.3 Å². The molecule has 2 N–H and O–H groups in total. The van der Waals surface area contributed by atoms with Crippen molar-refractivity contribution in [2.45, 2.75) is 13.0 Å². The number of anilines is 1. The summed E-state index contributed by atoms with van der Waals surface area (Å²) in [5.74, 6) is 1.46. The Morgan fingerprint density at radius 2 is 1.89 bits per heavy atom. The molecule has 0 atom stereocenters. The molecular formula is C21H24N4O2S. The standard InChI is InChI=1S/C21H24N4O2S/c1-26-19-8-7-16(14-20(19)27-2)9-11-22-21(28)24-18-6-3-5-17(13-18)15-25-12-4-10-23-25/h3-8,10,12-14H,9,11,15H2,1-2H3,(H2,22,24,28). The number of ether oxygens (including phenoxy) is 2. The minimum absolute atomic E-state index is 0.594. The molecule has 0 amide bonds. The van der Waals surface area contributed by atoms with Crippen molar-refractivity contribution in [1.29, 1.82) is 0 Å². The van der Waals surface area contributed by atoms with Crippen LogP contribution in [0.5, 0.6) is 11.5 Å². The lowest BCUT2D eigenvalue weighted by Gasteiger charge is -2.13. The fraction of sp³-hybridized carbons (Fsp3) is 0.238. The van der Waals surface area contributed by atoms with Crippen LogP contribution in [0, 0.1) is 0 Å². The third-order valence-electron chi connectivity index (χ3n) is 4.24. The van der Waals surface area contributed by atoms with Gasteiger partial charge < -0.3 is 20.1 Å². The SMILES string of the molecule is COc1ccc(CCNC(=S)Nc2cccc(Cn3cccn3)c2)cc1OC. The molecule has 0 aliphatic heterocycles. The van der Waals surface area contributed by atoms with Gasteiger partial charge in [-0.25, -0.2) is 0 Å².